The van der Waals surface area contributed by atoms with E-state index in [2.05, 4.69) is 6.92 Å². The monoisotopic (exact) mass is 348 g/mol. The summed E-state index contributed by atoms with van der Waals surface area (Å²) in [6.07, 6.45) is 3.89. The van der Waals surface area contributed by atoms with Crippen LogP contribution in [0.4, 0.5) is 4.39 Å². The standard InChI is InChI=1S/C19H25FN2O3/c1-19-11-5-6-12-22(16(19)9-10-17(23)21(19)2)18(24)13-25-15-8-4-3-7-14(15)20/h3-4,7-8,16H,5-6,9-13H2,1-2H3/t16-,19-/m0/s1. The molecule has 0 bridgehead atoms. The third-order valence-electron chi connectivity index (χ3n) is 5.71. The molecule has 136 valence electrons. The van der Waals surface area contributed by atoms with Crippen LogP contribution in [-0.2, 0) is 9.59 Å². The Labute approximate surface area is 147 Å². The number of nitrogens with zero attached hydrogens (tertiary/aromatic N) is 2. The summed E-state index contributed by atoms with van der Waals surface area (Å²) < 4.78 is 19.1. The zero-order valence-corrected chi connectivity index (χ0v) is 14.8. The average Bonchev–Trinajstić information content (AvgIpc) is 2.77. The molecular formula is C19H25FN2O3. The van der Waals surface area contributed by atoms with Gasteiger partial charge < -0.3 is 14.5 Å². The highest BCUT2D eigenvalue weighted by molar-refractivity contribution is 5.81. The van der Waals surface area contributed by atoms with E-state index in [9.17, 15) is 14.0 Å². The molecule has 2 saturated heterocycles. The molecule has 2 atom stereocenters. The van der Waals surface area contributed by atoms with Gasteiger partial charge in [-0.2, -0.15) is 0 Å². The number of rotatable bonds is 3. The molecule has 0 radical (unpaired) electrons. The van der Waals surface area contributed by atoms with Crippen molar-refractivity contribution in [2.24, 2.45) is 0 Å². The van der Waals surface area contributed by atoms with Crippen LogP contribution >= 0.6 is 0 Å². The van der Waals surface area contributed by atoms with Crippen molar-refractivity contribution in [3.8, 4) is 5.75 Å². The van der Waals surface area contributed by atoms with E-state index in [0.29, 0.717) is 19.4 Å². The van der Waals surface area contributed by atoms with E-state index in [-0.39, 0.29) is 35.8 Å². The highest BCUT2D eigenvalue weighted by Gasteiger charge is 2.48. The van der Waals surface area contributed by atoms with Crippen LogP contribution in [0.1, 0.15) is 39.0 Å². The largest absolute Gasteiger partial charge is 0.481 e. The number of amides is 2. The molecule has 3 rings (SSSR count). The van der Waals surface area contributed by atoms with Crippen LogP contribution in [0, 0.1) is 5.82 Å². The van der Waals surface area contributed by atoms with Gasteiger partial charge in [-0.15, -0.1) is 0 Å². The summed E-state index contributed by atoms with van der Waals surface area (Å²) in [5.74, 6) is -0.400. The van der Waals surface area contributed by atoms with Gasteiger partial charge >= 0.3 is 0 Å². The number of piperidine rings is 1. The van der Waals surface area contributed by atoms with Crippen molar-refractivity contribution in [1.82, 2.24) is 9.80 Å². The van der Waals surface area contributed by atoms with Gasteiger partial charge in [-0.1, -0.05) is 12.1 Å². The molecule has 25 heavy (non-hydrogen) atoms. The molecule has 6 heteroatoms. The van der Waals surface area contributed by atoms with Crippen LogP contribution < -0.4 is 4.74 Å². The fraction of sp³-hybridized carbons (Fsp3) is 0.579. The number of benzene rings is 1. The van der Waals surface area contributed by atoms with Crippen LogP contribution in [0.5, 0.6) is 5.75 Å². The first-order chi connectivity index (χ1) is 11.9. The van der Waals surface area contributed by atoms with Crippen molar-refractivity contribution < 1.29 is 18.7 Å². The van der Waals surface area contributed by atoms with E-state index in [4.69, 9.17) is 4.74 Å². The van der Waals surface area contributed by atoms with Gasteiger partial charge in [0.25, 0.3) is 5.91 Å². The second kappa shape index (κ2) is 7.02. The number of carbonyl (C=O) groups excluding carboxylic acids is 2. The maximum Gasteiger partial charge on any atom is 0.260 e. The number of fused-ring (bicyclic) bond motifs is 1. The second-order valence-corrected chi connectivity index (χ2v) is 7.13. The molecule has 0 spiro atoms. The van der Waals surface area contributed by atoms with Crippen molar-refractivity contribution in [3.63, 3.8) is 0 Å². The maximum atomic E-state index is 13.7. The molecule has 2 amide bonds. The Bertz CT molecular complexity index is 666. The first-order valence-corrected chi connectivity index (χ1v) is 8.87. The summed E-state index contributed by atoms with van der Waals surface area (Å²) in [7, 11) is 1.83. The fourth-order valence-electron chi connectivity index (χ4n) is 4.08. The minimum Gasteiger partial charge on any atom is -0.481 e. The van der Waals surface area contributed by atoms with Gasteiger partial charge in [-0.25, -0.2) is 4.39 Å². The third-order valence-corrected chi connectivity index (χ3v) is 5.71. The van der Waals surface area contributed by atoms with Crippen molar-refractivity contribution in [1.29, 1.82) is 0 Å². The quantitative estimate of drug-likeness (QED) is 0.844. The molecule has 2 aliphatic rings. The number of carbonyl (C=O) groups is 2. The van der Waals surface area contributed by atoms with Crippen LogP contribution in [0.2, 0.25) is 0 Å². The molecule has 0 aromatic heterocycles. The van der Waals surface area contributed by atoms with Gasteiger partial charge in [0.15, 0.2) is 18.2 Å². The van der Waals surface area contributed by atoms with E-state index >= 15 is 0 Å². The van der Waals surface area contributed by atoms with Crippen molar-refractivity contribution in [3.05, 3.63) is 30.1 Å². The molecular weight excluding hydrogens is 323 g/mol. The van der Waals surface area contributed by atoms with E-state index in [1.165, 1.54) is 12.1 Å². The van der Waals surface area contributed by atoms with Crippen LogP contribution in [0.3, 0.4) is 0 Å². The Morgan fingerprint density at radius 1 is 1.36 bits per heavy atom. The molecule has 1 aromatic carbocycles. The Balaban J connectivity index is 1.74. The summed E-state index contributed by atoms with van der Waals surface area (Å²) in [4.78, 5) is 28.6. The Morgan fingerprint density at radius 3 is 2.88 bits per heavy atom. The number of hydrogen-bond donors (Lipinski definition) is 0. The van der Waals surface area contributed by atoms with Gasteiger partial charge in [0, 0.05) is 20.0 Å². The Morgan fingerprint density at radius 2 is 2.12 bits per heavy atom. The molecule has 0 unspecified atom stereocenters. The molecule has 2 heterocycles. The molecule has 0 saturated carbocycles. The van der Waals surface area contributed by atoms with Crippen LogP contribution in [-0.4, -0.2) is 53.4 Å². The predicted molar refractivity (Wildman–Crippen MR) is 91.7 cm³/mol. The van der Waals surface area contributed by atoms with E-state index in [1.54, 1.807) is 12.1 Å². The molecule has 2 fully saturated rings. The van der Waals surface area contributed by atoms with E-state index < -0.39 is 5.82 Å². The zero-order chi connectivity index (χ0) is 18.0. The first-order valence-electron chi connectivity index (χ1n) is 8.87. The smallest absolute Gasteiger partial charge is 0.260 e. The molecule has 5 nitrogen and oxygen atoms in total. The highest BCUT2D eigenvalue weighted by atomic mass is 19.1. The highest BCUT2D eigenvalue weighted by Crippen LogP contribution is 2.38. The van der Waals surface area contributed by atoms with Gasteiger partial charge in [-0.3, -0.25) is 9.59 Å². The lowest BCUT2D eigenvalue weighted by molar-refractivity contribution is -0.151. The van der Waals surface area contributed by atoms with Crippen LogP contribution in [0.15, 0.2) is 24.3 Å². The van der Waals surface area contributed by atoms with Crippen molar-refractivity contribution in [2.75, 3.05) is 20.2 Å². The van der Waals surface area contributed by atoms with Crippen molar-refractivity contribution in [2.45, 2.75) is 50.6 Å². The number of likely N-dealkylation sites (tertiary alicyclic amines) is 2. The summed E-state index contributed by atoms with van der Waals surface area (Å²) in [6, 6.07) is 6.06. The molecule has 2 aliphatic heterocycles. The summed E-state index contributed by atoms with van der Waals surface area (Å²) >= 11 is 0. The number of para-hydroxylation sites is 1. The summed E-state index contributed by atoms with van der Waals surface area (Å²) in [5.41, 5.74) is -0.348. The van der Waals surface area contributed by atoms with Gasteiger partial charge in [0.05, 0.1) is 11.6 Å². The first kappa shape index (κ1) is 17.7. The molecule has 0 N–H and O–H groups in total. The molecule has 0 aliphatic carbocycles. The van der Waals surface area contributed by atoms with E-state index in [1.807, 2.05) is 16.8 Å². The SMILES string of the molecule is CN1C(=O)CC[C@@H]2N(C(=O)COc3ccccc3F)CCCC[C@@]21C. The number of halogens is 1. The van der Waals surface area contributed by atoms with Crippen LogP contribution in [0.25, 0.3) is 0 Å². The Hall–Kier alpha value is -2.11. The number of likely N-dealkylation sites (N-methyl/N-ethyl adjacent to an activating group) is 1. The average molecular weight is 348 g/mol. The van der Waals surface area contributed by atoms with Gasteiger partial charge in [0.2, 0.25) is 5.91 Å². The lowest BCUT2D eigenvalue weighted by Crippen LogP contribution is -2.64. The van der Waals surface area contributed by atoms with Gasteiger partial charge in [0.1, 0.15) is 0 Å². The zero-order valence-electron chi connectivity index (χ0n) is 14.8. The minimum absolute atomic E-state index is 0.0191. The lowest BCUT2D eigenvalue weighted by Gasteiger charge is -2.51. The second-order valence-electron chi connectivity index (χ2n) is 7.13. The summed E-state index contributed by atoms with van der Waals surface area (Å²) in [6.45, 7) is 2.53. The van der Waals surface area contributed by atoms with E-state index in [0.717, 1.165) is 19.3 Å². The number of hydrogen-bond acceptors (Lipinski definition) is 3. The normalized spacial score (nSPS) is 26.8. The molecule has 1 aromatic rings. The minimum atomic E-state index is -0.473. The Kier molecular flexibility index (Phi) is 4.97. The fourth-order valence-corrected chi connectivity index (χ4v) is 4.08. The van der Waals surface area contributed by atoms with Crippen molar-refractivity contribution >= 4 is 11.8 Å². The maximum absolute atomic E-state index is 13.7. The predicted octanol–water partition coefficient (Wildman–Crippen LogP) is 2.60. The topological polar surface area (TPSA) is 49.9 Å². The van der Waals surface area contributed by atoms with Gasteiger partial charge in [-0.05, 0) is 44.7 Å². The lowest BCUT2D eigenvalue weighted by atomic mass is 9.80. The number of ether oxygens (including phenoxy) is 1. The summed E-state index contributed by atoms with van der Waals surface area (Å²) in [5, 5.41) is 0. The third kappa shape index (κ3) is 3.34.